The Labute approximate surface area is 440 Å². The molecule has 1 fully saturated rings. The number of ether oxygens (including phenoxy) is 3. The van der Waals surface area contributed by atoms with Gasteiger partial charge in [0, 0.05) is 19.0 Å². The lowest BCUT2D eigenvalue weighted by atomic mass is 10.0. The number of aliphatic hydroxyl groups excluding tert-OH is 3. The van der Waals surface area contributed by atoms with E-state index in [1.165, 1.54) is 76.7 Å². The minimum absolute atomic E-state index is 0.0388. The van der Waals surface area contributed by atoms with Crippen molar-refractivity contribution in [1.29, 1.82) is 0 Å². The van der Waals surface area contributed by atoms with Gasteiger partial charge in [0.15, 0.2) is 12.3 Å². The van der Waals surface area contributed by atoms with Crippen LogP contribution in [0.1, 0.15) is 194 Å². The summed E-state index contributed by atoms with van der Waals surface area (Å²) in [6, 6.07) is 1.24. The van der Waals surface area contributed by atoms with Gasteiger partial charge in [-0.1, -0.05) is 166 Å². The summed E-state index contributed by atoms with van der Waals surface area (Å²) in [7, 11) is -10.9. The smallest absolute Gasteiger partial charge is 0.462 e. The van der Waals surface area contributed by atoms with Gasteiger partial charge in [0.2, 0.25) is 0 Å². The van der Waals surface area contributed by atoms with E-state index in [1.807, 2.05) is 25.2 Å². The van der Waals surface area contributed by atoms with Crippen molar-refractivity contribution in [3.05, 3.63) is 71.4 Å². The van der Waals surface area contributed by atoms with E-state index in [-0.39, 0.29) is 24.8 Å². The number of phosphoric ester groups is 2. The topological polar surface area (TPSA) is 286 Å². The summed E-state index contributed by atoms with van der Waals surface area (Å²) in [5.41, 5.74) is 4.58. The molecular weight excluding hydrogens is 997 g/mol. The normalized spacial score (nSPS) is 19.7. The molecular formula is C53H91N3O16P2. The molecule has 0 spiro atoms. The average Bonchev–Trinajstić information content (AvgIpc) is 3.63. The number of unbranched alkanes of at least 4 members (excludes halogenated alkanes) is 15. The second-order valence-corrected chi connectivity index (χ2v) is 22.4. The number of nitrogens with zero attached hydrogens (tertiary/aromatic N) is 2. The van der Waals surface area contributed by atoms with Gasteiger partial charge in [-0.15, -0.1) is 0 Å². The molecule has 0 bridgehead atoms. The van der Waals surface area contributed by atoms with Crippen molar-refractivity contribution < 1.29 is 71.4 Å². The van der Waals surface area contributed by atoms with Crippen LogP contribution in [0.2, 0.25) is 0 Å². The zero-order valence-corrected chi connectivity index (χ0v) is 46.2. The van der Waals surface area contributed by atoms with E-state index in [0.717, 1.165) is 74.5 Å². The molecule has 1 aromatic heterocycles. The minimum atomic E-state index is -5.44. The number of anilines is 1. The molecule has 2 rings (SSSR count). The number of esters is 2. The second kappa shape index (κ2) is 40.0. The van der Waals surface area contributed by atoms with E-state index in [0.29, 0.717) is 25.7 Å². The SMILES string of the molecule is CC[C@@H](O)CC/C=C\C/C=C\C/C=C\C/C=C\CCCC(=O)O[C@H](COC(=O)CCCCCCCCCCCCCCCCCC(C)C)COP(=O)(O)OP(=O)(O)OC[C@H]1O[C@@H](n2ccc(N)nc2=O)[C@H](O)[C@@H]1O. The van der Waals surface area contributed by atoms with Crippen LogP contribution in [0.5, 0.6) is 0 Å². The van der Waals surface area contributed by atoms with E-state index in [1.54, 1.807) is 0 Å². The van der Waals surface area contributed by atoms with E-state index < -0.39 is 83.7 Å². The van der Waals surface area contributed by atoms with E-state index >= 15 is 0 Å². The van der Waals surface area contributed by atoms with Crippen LogP contribution in [0, 0.1) is 5.92 Å². The second-order valence-electron chi connectivity index (χ2n) is 19.4. The number of nitrogen functional groups attached to an aromatic ring is 1. The van der Waals surface area contributed by atoms with Crippen molar-refractivity contribution in [2.24, 2.45) is 5.92 Å². The van der Waals surface area contributed by atoms with Crippen LogP contribution >= 0.6 is 15.6 Å². The Kier molecular flexibility index (Phi) is 36.1. The van der Waals surface area contributed by atoms with Crippen molar-refractivity contribution in [2.45, 2.75) is 224 Å². The summed E-state index contributed by atoms with van der Waals surface area (Å²) in [4.78, 5) is 62.0. The van der Waals surface area contributed by atoms with Gasteiger partial charge in [-0.3, -0.25) is 23.2 Å². The molecule has 1 aliphatic rings. The lowest BCUT2D eigenvalue weighted by Gasteiger charge is -2.21. The van der Waals surface area contributed by atoms with Crippen molar-refractivity contribution >= 4 is 33.4 Å². The minimum Gasteiger partial charge on any atom is -0.462 e. The Bertz CT molecular complexity index is 1960. The van der Waals surface area contributed by atoms with Crippen LogP contribution in [-0.2, 0) is 46.3 Å². The Morgan fingerprint density at radius 3 is 1.78 bits per heavy atom. The molecule has 2 unspecified atom stereocenters. The highest BCUT2D eigenvalue weighted by molar-refractivity contribution is 7.61. The Hall–Kier alpha value is -3.32. The molecule has 0 aliphatic carbocycles. The third kappa shape index (κ3) is 33.0. The first kappa shape index (κ1) is 66.8. The molecule has 1 aliphatic heterocycles. The summed E-state index contributed by atoms with van der Waals surface area (Å²) < 4.78 is 56.8. The van der Waals surface area contributed by atoms with E-state index in [9.17, 15) is 48.6 Å². The maximum absolute atomic E-state index is 12.9. The monoisotopic (exact) mass is 1090 g/mol. The molecule has 1 aromatic rings. The molecule has 0 amide bonds. The Balaban J connectivity index is 1.80. The van der Waals surface area contributed by atoms with Crippen LogP contribution in [-0.4, -0.2) is 96.9 Å². The number of rotatable bonds is 44. The molecule has 7 N–H and O–H groups in total. The zero-order valence-electron chi connectivity index (χ0n) is 44.4. The number of hydrogen-bond donors (Lipinski definition) is 6. The van der Waals surface area contributed by atoms with Crippen molar-refractivity contribution in [3.63, 3.8) is 0 Å². The highest BCUT2D eigenvalue weighted by Gasteiger charge is 2.46. The molecule has 0 aromatic carbocycles. The predicted octanol–water partition coefficient (Wildman–Crippen LogP) is 10.6. The van der Waals surface area contributed by atoms with Gasteiger partial charge in [-0.2, -0.15) is 9.29 Å². The van der Waals surface area contributed by atoms with Crippen LogP contribution < -0.4 is 11.4 Å². The fraction of sp³-hybridized carbons (Fsp3) is 0.736. The number of hydrogen-bond acceptors (Lipinski definition) is 16. The van der Waals surface area contributed by atoms with Crippen molar-refractivity contribution in [1.82, 2.24) is 9.55 Å². The molecule has 2 heterocycles. The summed E-state index contributed by atoms with van der Waals surface area (Å²) in [5, 5.41) is 30.5. The Morgan fingerprint density at radius 2 is 1.23 bits per heavy atom. The van der Waals surface area contributed by atoms with Crippen LogP contribution in [0.4, 0.5) is 5.82 Å². The Morgan fingerprint density at radius 1 is 0.716 bits per heavy atom. The number of phosphoric acid groups is 2. The fourth-order valence-corrected chi connectivity index (χ4v) is 9.99. The first-order chi connectivity index (χ1) is 35.4. The van der Waals surface area contributed by atoms with Gasteiger partial charge >= 0.3 is 33.3 Å². The largest absolute Gasteiger partial charge is 0.481 e. The molecule has 0 radical (unpaired) electrons. The average molecular weight is 1090 g/mol. The van der Waals surface area contributed by atoms with Crippen LogP contribution in [0.3, 0.4) is 0 Å². The maximum atomic E-state index is 12.9. The molecule has 1 saturated heterocycles. The summed E-state index contributed by atoms with van der Waals surface area (Å²) in [6.07, 6.45) is 34.3. The quantitative estimate of drug-likeness (QED) is 0.0153. The van der Waals surface area contributed by atoms with Gasteiger partial charge < -0.3 is 45.1 Å². The number of carbonyl (C=O) groups is 2. The number of carbonyl (C=O) groups excluding carboxylic acids is 2. The molecule has 8 atom stereocenters. The number of aromatic nitrogens is 2. The zero-order chi connectivity index (χ0) is 54.5. The molecule has 19 nitrogen and oxygen atoms in total. The van der Waals surface area contributed by atoms with Gasteiger partial charge in [0.25, 0.3) is 0 Å². The first-order valence-corrected chi connectivity index (χ1v) is 30.1. The van der Waals surface area contributed by atoms with E-state index in [4.69, 9.17) is 29.0 Å². The van der Waals surface area contributed by atoms with E-state index in [2.05, 4.69) is 53.5 Å². The van der Waals surface area contributed by atoms with Crippen molar-refractivity contribution in [3.8, 4) is 0 Å². The molecule has 21 heteroatoms. The van der Waals surface area contributed by atoms with Crippen LogP contribution in [0.25, 0.3) is 0 Å². The highest BCUT2D eigenvalue weighted by Crippen LogP contribution is 2.60. The van der Waals surface area contributed by atoms with Crippen LogP contribution in [0.15, 0.2) is 65.7 Å². The third-order valence-corrected chi connectivity index (χ3v) is 14.9. The van der Waals surface area contributed by atoms with Gasteiger partial charge in [0.05, 0.1) is 19.3 Å². The maximum Gasteiger partial charge on any atom is 0.481 e. The van der Waals surface area contributed by atoms with Gasteiger partial charge in [-0.25, -0.2) is 13.9 Å². The molecule has 0 saturated carbocycles. The third-order valence-electron chi connectivity index (χ3n) is 12.3. The lowest BCUT2D eigenvalue weighted by Crippen LogP contribution is -2.36. The van der Waals surface area contributed by atoms with Gasteiger partial charge in [-0.05, 0) is 69.8 Å². The fourth-order valence-electron chi connectivity index (χ4n) is 7.88. The van der Waals surface area contributed by atoms with Gasteiger partial charge in [0.1, 0.15) is 30.7 Å². The first-order valence-electron chi connectivity index (χ1n) is 27.1. The highest BCUT2D eigenvalue weighted by atomic mass is 31.3. The number of aliphatic hydroxyl groups is 3. The molecule has 74 heavy (non-hydrogen) atoms. The summed E-state index contributed by atoms with van der Waals surface area (Å²) in [5.74, 6) is -0.580. The molecule has 424 valence electrons. The predicted molar refractivity (Wildman–Crippen MR) is 285 cm³/mol. The lowest BCUT2D eigenvalue weighted by molar-refractivity contribution is -0.161. The summed E-state index contributed by atoms with van der Waals surface area (Å²) >= 11 is 0. The number of allylic oxidation sites excluding steroid dienone is 8. The number of nitrogens with two attached hydrogens (primary N) is 1. The standard InChI is InChI=1S/C53H91N3O16P2/c1-4-44(57)35-31-27-23-19-15-11-8-9-13-17-21-25-29-33-37-49(59)70-45(40-67-48(58)36-32-28-24-20-16-12-7-5-6-10-14-18-22-26-30-34-43(2)3)41-68-73(63,64)72-74(65,66)69-42-46-50(60)51(61)52(71-46)56-39-38-47(54)55-53(56)62/h9,11,13,15,21,23,25,27,38-39,43-46,50-52,57,60-61H,4-8,10,12,14,16-20,22,24,26,28-37,40-42H2,1-3H3,(H,63,64)(H,65,66)(H2,54,55,62)/b13-9-,15-11-,25-21-,27-23-/t44-,45-,46-,50-,51-,52-/m1/s1. The summed E-state index contributed by atoms with van der Waals surface area (Å²) in [6.45, 7) is 4.17. The van der Waals surface area contributed by atoms with Crippen molar-refractivity contribution in [2.75, 3.05) is 25.6 Å².